The van der Waals surface area contributed by atoms with Crippen molar-refractivity contribution in [2.24, 2.45) is 0 Å². The van der Waals surface area contributed by atoms with Gasteiger partial charge in [0.05, 0.1) is 11.4 Å². The van der Waals surface area contributed by atoms with Crippen molar-refractivity contribution in [2.45, 2.75) is 26.4 Å². The van der Waals surface area contributed by atoms with E-state index in [1.807, 2.05) is 51.1 Å². The van der Waals surface area contributed by atoms with Gasteiger partial charge in [-0.15, -0.1) is 0 Å². The van der Waals surface area contributed by atoms with Gasteiger partial charge in [0.2, 0.25) is 5.39 Å². The van der Waals surface area contributed by atoms with Gasteiger partial charge in [-0.2, -0.15) is 0 Å². The summed E-state index contributed by atoms with van der Waals surface area (Å²) in [6.45, 7) is 5.46. The van der Waals surface area contributed by atoms with Crippen LogP contribution in [0.5, 0.6) is 0 Å². The van der Waals surface area contributed by atoms with E-state index in [0.717, 1.165) is 0 Å². The van der Waals surface area contributed by atoms with Crippen molar-refractivity contribution in [2.75, 3.05) is 4.90 Å². The fourth-order valence-electron chi connectivity index (χ4n) is 1.91. The molecule has 0 saturated carbocycles. The second-order valence-corrected chi connectivity index (χ2v) is 5.77. The highest BCUT2D eigenvalue weighted by Gasteiger charge is 2.25. The van der Waals surface area contributed by atoms with Crippen LogP contribution in [0.4, 0.5) is 21.9 Å². The quantitative estimate of drug-likeness (QED) is 0.712. The van der Waals surface area contributed by atoms with Crippen LogP contribution in [0.15, 0.2) is 54.6 Å². The number of amides is 1. The van der Waals surface area contributed by atoms with E-state index >= 15 is 0 Å². The smallest absolute Gasteiger partial charge is 0.419 e. The van der Waals surface area contributed by atoms with E-state index in [-0.39, 0.29) is 0 Å². The monoisotopic (exact) mass is 296 g/mol. The van der Waals surface area contributed by atoms with Gasteiger partial charge in [0.1, 0.15) is 5.60 Å². The van der Waals surface area contributed by atoms with E-state index in [1.54, 1.807) is 24.3 Å². The molecule has 2 rings (SSSR count). The Morgan fingerprint density at radius 1 is 1.00 bits per heavy atom. The van der Waals surface area contributed by atoms with Gasteiger partial charge in [-0.25, -0.2) is 9.69 Å². The number of para-hydroxylation sites is 1. The molecule has 2 aromatic carbocycles. The molecule has 0 saturated heterocycles. The number of anilines is 2. The topological polar surface area (TPSA) is 57.7 Å². The predicted molar refractivity (Wildman–Crippen MR) is 86.0 cm³/mol. The highest BCUT2D eigenvalue weighted by molar-refractivity contribution is 5.96. The lowest BCUT2D eigenvalue weighted by Gasteiger charge is -2.27. The van der Waals surface area contributed by atoms with E-state index in [1.165, 1.54) is 4.90 Å². The molecule has 22 heavy (non-hydrogen) atoms. The van der Waals surface area contributed by atoms with Crippen LogP contribution < -0.4 is 4.90 Å². The van der Waals surface area contributed by atoms with E-state index in [0.29, 0.717) is 17.1 Å². The SMILES string of the molecule is CC(C)(C)OC(=O)N(c1ccccc1)c1ccc([N+]#N)cc1. The number of hydrogen-bond acceptors (Lipinski definition) is 3. The zero-order valence-electron chi connectivity index (χ0n) is 12.9. The summed E-state index contributed by atoms with van der Waals surface area (Å²) < 4.78 is 5.48. The number of carbonyl (C=O) groups excluding carboxylic acids is 1. The number of rotatable bonds is 2. The normalized spacial score (nSPS) is 10.6. The van der Waals surface area contributed by atoms with Gasteiger partial charge in [-0.05, 0) is 45.0 Å². The lowest BCUT2D eigenvalue weighted by atomic mass is 10.2. The van der Waals surface area contributed by atoms with Gasteiger partial charge in [0, 0.05) is 12.1 Å². The predicted octanol–water partition coefficient (Wildman–Crippen LogP) is 5.24. The van der Waals surface area contributed by atoms with Crippen molar-refractivity contribution in [3.63, 3.8) is 0 Å². The van der Waals surface area contributed by atoms with Crippen LogP contribution in [0, 0.1) is 5.39 Å². The number of ether oxygens (including phenoxy) is 1. The maximum absolute atomic E-state index is 12.5. The Kier molecular flexibility index (Phi) is 4.42. The van der Waals surface area contributed by atoms with Crippen molar-refractivity contribution in [1.29, 1.82) is 5.39 Å². The Bertz CT molecular complexity index is 683. The minimum Gasteiger partial charge on any atom is -0.443 e. The molecule has 1 amide bonds. The summed E-state index contributed by atoms with van der Waals surface area (Å²) in [6.07, 6.45) is -0.465. The van der Waals surface area contributed by atoms with Crippen LogP contribution in [0.2, 0.25) is 0 Å². The Morgan fingerprint density at radius 3 is 2.05 bits per heavy atom. The molecule has 112 valence electrons. The van der Waals surface area contributed by atoms with E-state index in [4.69, 9.17) is 10.1 Å². The first-order chi connectivity index (χ1) is 10.4. The van der Waals surface area contributed by atoms with Crippen molar-refractivity contribution in [3.05, 3.63) is 59.6 Å². The zero-order chi connectivity index (χ0) is 16.2. The van der Waals surface area contributed by atoms with Gasteiger partial charge in [-0.3, -0.25) is 0 Å². The van der Waals surface area contributed by atoms with Gasteiger partial charge in [0.25, 0.3) is 0 Å². The lowest BCUT2D eigenvalue weighted by molar-refractivity contribution is 0.0599. The molecule has 0 radical (unpaired) electrons. The number of diazo groups is 1. The maximum Gasteiger partial charge on any atom is 0.419 e. The molecule has 0 atom stereocenters. The molecular formula is C17H18N3O2+. The number of benzene rings is 2. The Balaban J connectivity index is 2.41. The molecule has 2 aromatic rings. The van der Waals surface area contributed by atoms with Crippen LogP contribution in [0.1, 0.15) is 20.8 Å². The van der Waals surface area contributed by atoms with Crippen LogP contribution in [-0.2, 0) is 4.74 Å². The minimum absolute atomic E-state index is 0.418. The summed E-state index contributed by atoms with van der Waals surface area (Å²) in [7, 11) is 0. The Hall–Kier alpha value is -2.87. The fourth-order valence-corrected chi connectivity index (χ4v) is 1.91. The summed E-state index contributed by atoms with van der Waals surface area (Å²) in [6, 6.07) is 15.9. The van der Waals surface area contributed by atoms with E-state index < -0.39 is 11.7 Å². The third kappa shape index (κ3) is 3.83. The Morgan fingerprint density at radius 2 is 1.55 bits per heavy atom. The molecule has 0 bridgehead atoms. The van der Waals surface area contributed by atoms with Crippen LogP contribution in [0.3, 0.4) is 0 Å². The first-order valence-electron chi connectivity index (χ1n) is 6.94. The second kappa shape index (κ2) is 6.27. The summed E-state index contributed by atoms with van der Waals surface area (Å²) in [5.74, 6) is 0. The van der Waals surface area contributed by atoms with Gasteiger partial charge < -0.3 is 4.74 Å². The minimum atomic E-state index is -0.593. The molecule has 0 unspecified atom stereocenters. The summed E-state index contributed by atoms with van der Waals surface area (Å²) in [4.78, 5) is 17.1. The Labute approximate surface area is 129 Å². The maximum atomic E-state index is 12.5. The van der Waals surface area contributed by atoms with Crippen molar-refractivity contribution < 1.29 is 9.53 Å². The first kappa shape index (κ1) is 15.5. The molecule has 0 aliphatic rings. The molecule has 0 N–H and O–H groups in total. The zero-order valence-corrected chi connectivity index (χ0v) is 12.9. The van der Waals surface area contributed by atoms with Crippen LogP contribution >= 0.6 is 0 Å². The molecule has 5 nitrogen and oxygen atoms in total. The molecule has 0 fully saturated rings. The summed E-state index contributed by atoms with van der Waals surface area (Å²) in [5, 5.41) is 8.77. The first-order valence-corrected chi connectivity index (χ1v) is 6.94. The lowest BCUT2D eigenvalue weighted by Crippen LogP contribution is -2.33. The molecule has 0 aliphatic carbocycles. The highest BCUT2D eigenvalue weighted by Crippen LogP contribution is 2.29. The highest BCUT2D eigenvalue weighted by atomic mass is 16.6. The van der Waals surface area contributed by atoms with Crippen LogP contribution in [-0.4, -0.2) is 11.7 Å². The van der Waals surface area contributed by atoms with Gasteiger partial charge in [0.15, 0.2) is 4.98 Å². The molecule has 0 aliphatic heterocycles. The molecule has 5 heteroatoms. The standard InChI is InChI=1S/C17H18N3O2/c1-17(2,3)22-16(21)20(14-7-5-4-6-8-14)15-11-9-13(19-18)10-12-15/h4-12H,1-3H3/q+1. The van der Waals surface area contributed by atoms with E-state index in [9.17, 15) is 4.79 Å². The van der Waals surface area contributed by atoms with Gasteiger partial charge >= 0.3 is 11.8 Å². The third-order valence-electron chi connectivity index (χ3n) is 2.81. The summed E-state index contributed by atoms with van der Waals surface area (Å²) in [5.41, 5.74) is 1.16. The average molecular weight is 296 g/mol. The number of carbonyl (C=O) groups is 1. The largest absolute Gasteiger partial charge is 0.443 e. The summed E-state index contributed by atoms with van der Waals surface area (Å²) >= 11 is 0. The van der Waals surface area contributed by atoms with Crippen molar-refractivity contribution >= 4 is 23.2 Å². The molecule has 0 spiro atoms. The number of hydrogen-bond donors (Lipinski definition) is 0. The van der Waals surface area contributed by atoms with Gasteiger partial charge in [-0.1, -0.05) is 18.2 Å². The molecule has 0 aromatic heterocycles. The molecular weight excluding hydrogens is 278 g/mol. The fraction of sp³-hybridized carbons (Fsp3) is 0.235. The van der Waals surface area contributed by atoms with E-state index in [2.05, 4.69) is 4.98 Å². The molecule has 0 heterocycles. The number of nitrogens with zero attached hydrogens (tertiary/aromatic N) is 3. The third-order valence-corrected chi connectivity index (χ3v) is 2.81. The average Bonchev–Trinajstić information content (AvgIpc) is 2.47. The van der Waals surface area contributed by atoms with Crippen molar-refractivity contribution in [3.8, 4) is 0 Å². The second-order valence-electron chi connectivity index (χ2n) is 5.77. The van der Waals surface area contributed by atoms with Crippen LogP contribution in [0.25, 0.3) is 4.98 Å². The van der Waals surface area contributed by atoms with Crippen molar-refractivity contribution in [1.82, 2.24) is 0 Å².